The summed E-state index contributed by atoms with van der Waals surface area (Å²) in [6.07, 6.45) is -0.895. The molecule has 0 saturated carbocycles. The summed E-state index contributed by atoms with van der Waals surface area (Å²) in [5, 5.41) is 12.0. The Kier molecular flexibility index (Phi) is 6.37. The quantitative estimate of drug-likeness (QED) is 0.766. The first-order valence-electron chi connectivity index (χ1n) is 7.12. The Bertz CT molecular complexity index is 531. The Morgan fingerprint density at radius 1 is 1.41 bits per heavy atom. The van der Waals surface area contributed by atoms with E-state index in [1.165, 1.54) is 7.11 Å². The molecule has 0 aliphatic rings. The summed E-state index contributed by atoms with van der Waals surface area (Å²) in [6.45, 7) is 5.50. The molecular weight excluding hydrogens is 286 g/mol. The van der Waals surface area contributed by atoms with Gasteiger partial charge in [-0.3, -0.25) is 9.59 Å². The predicted molar refractivity (Wildman–Crippen MR) is 81.8 cm³/mol. The Morgan fingerprint density at radius 3 is 2.64 bits per heavy atom. The van der Waals surface area contributed by atoms with Crippen molar-refractivity contribution in [3.63, 3.8) is 0 Å². The van der Waals surface area contributed by atoms with Crippen molar-refractivity contribution in [3.05, 3.63) is 29.8 Å². The lowest BCUT2D eigenvalue weighted by atomic mass is 9.88. The molecule has 2 N–H and O–H groups in total. The molecule has 0 saturated heterocycles. The summed E-state index contributed by atoms with van der Waals surface area (Å²) in [6, 6.07) is 6.99. The van der Waals surface area contributed by atoms with E-state index in [4.69, 9.17) is 9.47 Å². The molecule has 0 radical (unpaired) electrons. The third-order valence-corrected chi connectivity index (χ3v) is 3.40. The van der Waals surface area contributed by atoms with Crippen LogP contribution in [0.5, 0.6) is 5.75 Å². The number of benzene rings is 1. The molecule has 122 valence electrons. The molecular formula is C16H23NO5. The van der Waals surface area contributed by atoms with E-state index in [1.807, 2.05) is 0 Å². The van der Waals surface area contributed by atoms with Gasteiger partial charge in [0.1, 0.15) is 11.9 Å². The average molecular weight is 309 g/mol. The number of carbonyl (C=O) groups excluding carboxylic acids is 1. The van der Waals surface area contributed by atoms with Crippen molar-refractivity contribution >= 4 is 11.9 Å². The van der Waals surface area contributed by atoms with Gasteiger partial charge in [0, 0.05) is 6.61 Å². The normalized spacial score (nSPS) is 14.7. The van der Waals surface area contributed by atoms with Gasteiger partial charge in [-0.1, -0.05) is 12.1 Å². The van der Waals surface area contributed by atoms with E-state index in [0.717, 1.165) is 0 Å². The molecule has 1 aromatic rings. The van der Waals surface area contributed by atoms with Crippen LogP contribution in [0.2, 0.25) is 0 Å². The van der Waals surface area contributed by atoms with E-state index in [9.17, 15) is 14.7 Å². The molecule has 1 aromatic carbocycles. The van der Waals surface area contributed by atoms with E-state index in [2.05, 4.69) is 5.32 Å². The van der Waals surface area contributed by atoms with Crippen LogP contribution < -0.4 is 10.1 Å². The summed E-state index contributed by atoms with van der Waals surface area (Å²) in [7, 11) is 1.53. The first kappa shape index (κ1) is 18.0. The molecule has 0 heterocycles. The van der Waals surface area contributed by atoms with Crippen LogP contribution in [-0.2, 0) is 19.9 Å². The number of ether oxygens (including phenoxy) is 2. The zero-order valence-electron chi connectivity index (χ0n) is 13.4. The van der Waals surface area contributed by atoms with Gasteiger partial charge in [0.2, 0.25) is 5.91 Å². The molecule has 0 fully saturated rings. The summed E-state index contributed by atoms with van der Waals surface area (Å²) in [5.41, 5.74) is -0.394. The number of nitrogens with one attached hydrogen (secondary N) is 1. The molecule has 2 unspecified atom stereocenters. The van der Waals surface area contributed by atoms with Crippen LogP contribution >= 0.6 is 0 Å². The van der Waals surface area contributed by atoms with E-state index in [-0.39, 0.29) is 12.3 Å². The largest absolute Gasteiger partial charge is 0.497 e. The Balaban J connectivity index is 3.08. The molecule has 22 heavy (non-hydrogen) atoms. The molecule has 1 amide bonds. The fraction of sp³-hybridized carbons (Fsp3) is 0.500. The smallest absolute Gasteiger partial charge is 0.306 e. The fourth-order valence-corrected chi connectivity index (χ4v) is 2.19. The first-order valence-corrected chi connectivity index (χ1v) is 7.12. The third kappa shape index (κ3) is 4.73. The average Bonchev–Trinajstić information content (AvgIpc) is 2.46. The maximum absolute atomic E-state index is 12.2. The Morgan fingerprint density at radius 2 is 2.09 bits per heavy atom. The van der Waals surface area contributed by atoms with Gasteiger partial charge in [0.25, 0.3) is 0 Å². The highest BCUT2D eigenvalue weighted by Crippen LogP contribution is 2.28. The van der Waals surface area contributed by atoms with Gasteiger partial charge in [0.15, 0.2) is 0 Å². The number of hydrogen-bond donors (Lipinski definition) is 2. The summed E-state index contributed by atoms with van der Waals surface area (Å²) in [5.74, 6) is -0.760. The molecule has 6 heteroatoms. The first-order chi connectivity index (χ1) is 10.3. The zero-order chi connectivity index (χ0) is 16.8. The topological polar surface area (TPSA) is 84.9 Å². The van der Waals surface area contributed by atoms with Crippen molar-refractivity contribution < 1.29 is 24.2 Å². The second-order valence-corrected chi connectivity index (χ2v) is 5.22. The van der Waals surface area contributed by atoms with Crippen molar-refractivity contribution in [2.24, 2.45) is 0 Å². The standard InChI is InChI=1S/C16H23NO5/c1-5-22-11(2)15(20)17-16(3,10-14(18)19)12-7-6-8-13(9-12)21-4/h6-9,11H,5,10H2,1-4H3,(H,17,20)(H,18,19). The van der Waals surface area contributed by atoms with Crippen LogP contribution in [0, 0.1) is 0 Å². The minimum Gasteiger partial charge on any atom is -0.497 e. The number of amides is 1. The van der Waals surface area contributed by atoms with Gasteiger partial charge < -0.3 is 19.9 Å². The molecule has 0 spiro atoms. The van der Waals surface area contributed by atoms with Gasteiger partial charge >= 0.3 is 5.97 Å². The molecule has 0 aliphatic carbocycles. The summed E-state index contributed by atoms with van der Waals surface area (Å²) < 4.78 is 10.4. The van der Waals surface area contributed by atoms with Crippen LogP contribution in [0.1, 0.15) is 32.8 Å². The highest BCUT2D eigenvalue weighted by Gasteiger charge is 2.33. The molecule has 0 aromatic heterocycles. The van der Waals surface area contributed by atoms with E-state index >= 15 is 0 Å². The molecule has 0 aliphatic heterocycles. The second kappa shape index (κ2) is 7.79. The molecule has 0 bridgehead atoms. The van der Waals surface area contributed by atoms with Crippen molar-refractivity contribution in [2.45, 2.75) is 38.8 Å². The Labute approximate surface area is 130 Å². The van der Waals surface area contributed by atoms with Crippen molar-refractivity contribution in [1.29, 1.82) is 0 Å². The van der Waals surface area contributed by atoms with Crippen LogP contribution in [0.4, 0.5) is 0 Å². The van der Waals surface area contributed by atoms with E-state index in [0.29, 0.717) is 17.9 Å². The maximum Gasteiger partial charge on any atom is 0.306 e. The van der Waals surface area contributed by atoms with Crippen molar-refractivity contribution in [3.8, 4) is 5.75 Å². The maximum atomic E-state index is 12.2. The van der Waals surface area contributed by atoms with Crippen LogP contribution in [0.3, 0.4) is 0 Å². The van der Waals surface area contributed by atoms with Gasteiger partial charge in [0.05, 0.1) is 19.1 Å². The highest BCUT2D eigenvalue weighted by atomic mass is 16.5. The van der Waals surface area contributed by atoms with Crippen LogP contribution in [-0.4, -0.2) is 36.8 Å². The van der Waals surface area contributed by atoms with E-state index in [1.54, 1.807) is 45.0 Å². The number of carbonyl (C=O) groups is 2. The van der Waals surface area contributed by atoms with Crippen LogP contribution in [0.15, 0.2) is 24.3 Å². The number of carboxylic acid groups (broad SMARTS) is 1. The van der Waals surface area contributed by atoms with Crippen LogP contribution in [0.25, 0.3) is 0 Å². The summed E-state index contributed by atoms with van der Waals surface area (Å²) >= 11 is 0. The lowest BCUT2D eigenvalue weighted by molar-refractivity contribution is -0.140. The minimum atomic E-state index is -1.05. The molecule has 6 nitrogen and oxygen atoms in total. The monoisotopic (exact) mass is 309 g/mol. The second-order valence-electron chi connectivity index (χ2n) is 5.22. The Hall–Kier alpha value is -2.08. The van der Waals surface area contributed by atoms with Gasteiger partial charge in [-0.25, -0.2) is 0 Å². The zero-order valence-corrected chi connectivity index (χ0v) is 13.4. The fourth-order valence-electron chi connectivity index (χ4n) is 2.19. The minimum absolute atomic E-state index is 0.245. The predicted octanol–water partition coefficient (Wildman–Crippen LogP) is 1.93. The SMILES string of the molecule is CCOC(C)C(=O)NC(C)(CC(=O)O)c1cccc(OC)c1. The number of methoxy groups -OCH3 is 1. The molecule has 2 atom stereocenters. The lowest BCUT2D eigenvalue weighted by Gasteiger charge is -2.31. The number of carboxylic acids is 1. The number of hydrogen-bond acceptors (Lipinski definition) is 4. The lowest BCUT2D eigenvalue weighted by Crippen LogP contribution is -2.48. The highest BCUT2D eigenvalue weighted by molar-refractivity contribution is 5.82. The number of aliphatic carboxylic acids is 1. The van der Waals surface area contributed by atoms with Crippen molar-refractivity contribution in [1.82, 2.24) is 5.32 Å². The van der Waals surface area contributed by atoms with Gasteiger partial charge in [-0.05, 0) is 38.5 Å². The van der Waals surface area contributed by atoms with Gasteiger partial charge in [-0.2, -0.15) is 0 Å². The number of rotatable bonds is 8. The third-order valence-electron chi connectivity index (χ3n) is 3.40. The molecule has 1 rings (SSSR count). The van der Waals surface area contributed by atoms with Crippen molar-refractivity contribution in [2.75, 3.05) is 13.7 Å². The van der Waals surface area contributed by atoms with Gasteiger partial charge in [-0.15, -0.1) is 0 Å². The van der Waals surface area contributed by atoms with E-state index < -0.39 is 17.6 Å². The summed E-state index contributed by atoms with van der Waals surface area (Å²) in [4.78, 5) is 23.4.